The van der Waals surface area contributed by atoms with Gasteiger partial charge in [0.15, 0.2) is 6.29 Å². The van der Waals surface area contributed by atoms with Crippen molar-refractivity contribution in [1.29, 1.82) is 0 Å². The van der Waals surface area contributed by atoms with E-state index in [0.717, 1.165) is 12.8 Å². The van der Waals surface area contributed by atoms with Crippen LogP contribution in [-0.4, -0.2) is 12.9 Å². The Morgan fingerprint density at radius 3 is 2.79 bits per heavy atom. The zero-order valence-corrected chi connectivity index (χ0v) is 8.48. The van der Waals surface area contributed by atoms with Crippen molar-refractivity contribution in [3.05, 3.63) is 35.9 Å². The van der Waals surface area contributed by atoms with E-state index in [1.54, 1.807) is 0 Å². The van der Waals surface area contributed by atoms with Gasteiger partial charge in [-0.05, 0) is 12.0 Å². The van der Waals surface area contributed by atoms with Gasteiger partial charge >= 0.3 is 0 Å². The van der Waals surface area contributed by atoms with Crippen LogP contribution in [-0.2, 0) is 9.47 Å². The Morgan fingerprint density at radius 2 is 2.07 bits per heavy atom. The molecule has 0 N–H and O–H groups in total. The van der Waals surface area contributed by atoms with Crippen LogP contribution in [0.4, 0.5) is 0 Å². The summed E-state index contributed by atoms with van der Waals surface area (Å²) in [7, 11) is 0. The summed E-state index contributed by atoms with van der Waals surface area (Å²) in [5.74, 6) is 0. The van der Waals surface area contributed by atoms with Gasteiger partial charge in [-0.2, -0.15) is 0 Å². The second-order valence-electron chi connectivity index (χ2n) is 3.59. The zero-order chi connectivity index (χ0) is 9.80. The van der Waals surface area contributed by atoms with Gasteiger partial charge in [-0.3, -0.25) is 0 Å². The third-order valence-electron chi connectivity index (χ3n) is 2.45. The highest BCUT2D eigenvalue weighted by molar-refractivity contribution is 5.18. The smallest absolute Gasteiger partial charge is 0.158 e. The summed E-state index contributed by atoms with van der Waals surface area (Å²) >= 11 is 0. The monoisotopic (exact) mass is 192 g/mol. The van der Waals surface area contributed by atoms with Crippen molar-refractivity contribution in [1.82, 2.24) is 0 Å². The fourth-order valence-corrected chi connectivity index (χ4v) is 1.69. The average Bonchev–Trinajstić information content (AvgIpc) is 2.68. The Bertz CT molecular complexity index is 271. The number of ether oxygens (including phenoxy) is 2. The fourth-order valence-electron chi connectivity index (χ4n) is 1.69. The Balaban J connectivity index is 1.96. The quantitative estimate of drug-likeness (QED) is 0.733. The van der Waals surface area contributed by atoms with Crippen LogP contribution in [0.25, 0.3) is 0 Å². The lowest BCUT2D eigenvalue weighted by Crippen LogP contribution is -2.06. The lowest BCUT2D eigenvalue weighted by Gasteiger charge is -2.10. The van der Waals surface area contributed by atoms with E-state index in [0.29, 0.717) is 6.61 Å². The second kappa shape index (κ2) is 4.58. The van der Waals surface area contributed by atoms with Gasteiger partial charge in [-0.15, -0.1) is 0 Å². The first-order valence-corrected chi connectivity index (χ1v) is 5.22. The molecule has 0 bridgehead atoms. The van der Waals surface area contributed by atoms with Crippen molar-refractivity contribution < 1.29 is 9.47 Å². The van der Waals surface area contributed by atoms with E-state index < -0.39 is 0 Å². The molecule has 2 rings (SSSR count). The fraction of sp³-hybridized carbons (Fsp3) is 0.500. The van der Waals surface area contributed by atoms with Crippen molar-refractivity contribution in [2.24, 2.45) is 0 Å². The molecule has 76 valence electrons. The molecule has 1 heterocycles. The predicted octanol–water partition coefficient (Wildman–Crippen LogP) is 2.90. The van der Waals surface area contributed by atoms with E-state index in [1.807, 2.05) is 18.2 Å². The minimum Gasteiger partial charge on any atom is -0.350 e. The SMILES string of the molecule is CCC[C@H]1OC[C@H](c2ccccc2)O1. The van der Waals surface area contributed by atoms with Crippen LogP contribution in [0.5, 0.6) is 0 Å². The summed E-state index contributed by atoms with van der Waals surface area (Å²) in [6, 6.07) is 10.3. The molecular formula is C12H16O2. The summed E-state index contributed by atoms with van der Waals surface area (Å²) in [5, 5.41) is 0. The van der Waals surface area contributed by atoms with Crippen LogP contribution in [0.3, 0.4) is 0 Å². The van der Waals surface area contributed by atoms with Crippen LogP contribution in [0.1, 0.15) is 31.4 Å². The van der Waals surface area contributed by atoms with Gasteiger partial charge in [-0.25, -0.2) is 0 Å². The van der Waals surface area contributed by atoms with E-state index in [4.69, 9.17) is 9.47 Å². The van der Waals surface area contributed by atoms with Crippen molar-refractivity contribution in [2.45, 2.75) is 32.2 Å². The maximum Gasteiger partial charge on any atom is 0.158 e. The first-order valence-electron chi connectivity index (χ1n) is 5.22. The molecule has 1 aromatic rings. The minimum absolute atomic E-state index is 0.00482. The Morgan fingerprint density at radius 1 is 1.29 bits per heavy atom. The molecule has 1 aliphatic rings. The lowest BCUT2D eigenvalue weighted by molar-refractivity contribution is -0.0627. The molecule has 0 amide bonds. The first-order chi connectivity index (χ1) is 6.90. The zero-order valence-electron chi connectivity index (χ0n) is 8.48. The predicted molar refractivity (Wildman–Crippen MR) is 54.9 cm³/mol. The molecule has 0 aliphatic carbocycles. The maximum atomic E-state index is 5.77. The minimum atomic E-state index is 0.00482. The largest absolute Gasteiger partial charge is 0.350 e. The van der Waals surface area contributed by atoms with Gasteiger partial charge in [0.1, 0.15) is 6.10 Å². The molecule has 0 aromatic heterocycles. The van der Waals surface area contributed by atoms with Gasteiger partial charge in [0, 0.05) is 0 Å². The van der Waals surface area contributed by atoms with Crippen LogP contribution < -0.4 is 0 Å². The molecule has 0 spiro atoms. The lowest BCUT2D eigenvalue weighted by atomic mass is 10.1. The molecule has 0 radical (unpaired) electrons. The second-order valence-corrected chi connectivity index (χ2v) is 3.59. The molecule has 0 unspecified atom stereocenters. The van der Waals surface area contributed by atoms with Crippen molar-refractivity contribution >= 4 is 0 Å². The summed E-state index contributed by atoms with van der Waals surface area (Å²) in [4.78, 5) is 0. The van der Waals surface area contributed by atoms with Crippen molar-refractivity contribution in [3.8, 4) is 0 Å². The highest BCUT2D eigenvalue weighted by Crippen LogP contribution is 2.27. The average molecular weight is 192 g/mol. The highest BCUT2D eigenvalue weighted by atomic mass is 16.7. The van der Waals surface area contributed by atoms with Crippen molar-refractivity contribution in [2.75, 3.05) is 6.61 Å². The Hall–Kier alpha value is -0.860. The highest BCUT2D eigenvalue weighted by Gasteiger charge is 2.25. The third-order valence-corrected chi connectivity index (χ3v) is 2.45. The molecule has 14 heavy (non-hydrogen) atoms. The topological polar surface area (TPSA) is 18.5 Å². The summed E-state index contributed by atoms with van der Waals surface area (Å²) in [5.41, 5.74) is 1.21. The first kappa shape index (κ1) is 9.69. The molecule has 2 atom stereocenters. The van der Waals surface area contributed by atoms with Crippen LogP contribution in [0.2, 0.25) is 0 Å². The van der Waals surface area contributed by atoms with E-state index in [-0.39, 0.29) is 12.4 Å². The van der Waals surface area contributed by atoms with Crippen molar-refractivity contribution in [3.63, 3.8) is 0 Å². The van der Waals surface area contributed by atoms with Crippen LogP contribution in [0, 0.1) is 0 Å². The maximum absolute atomic E-state index is 5.77. The molecule has 1 saturated heterocycles. The van der Waals surface area contributed by atoms with Crippen LogP contribution >= 0.6 is 0 Å². The molecule has 2 nitrogen and oxygen atoms in total. The number of benzene rings is 1. The molecule has 1 fully saturated rings. The molecule has 1 aromatic carbocycles. The van der Waals surface area contributed by atoms with E-state index >= 15 is 0 Å². The van der Waals surface area contributed by atoms with E-state index in [2.05, 4.69) is 19.1 Å². The normalized spacial score (nSPS) is 26.6. The number of hydrogen-bond donors (Lipinski definition) is 0. The van der Waals surface area contributed by atoms with Gasteiger partial charge < -0.3 is 9.47 Å². The van der Waals surface area contributed by atoms with E-state index in [1.165, 1.54) is 5.56 Å². The Labute approximate surface area is 84.8 Å². The summed E-state index contributed by atoms with van der Waals surface area (Å²) in [6.07, 6.45) is 2.23. The standard InChI is InChI=1S/C12H16O2/c1-2-6-12-13-9-11(14-12)10-7-4-3-5-8-10/h3-5,7-8,11-12H,2,6,9H2,1H3/t11-,12+/m1/s1. The van der Waals surface area contributed by atoms with Gasteiger partial charge in [0.25, 0.3) is 0 Å². The molecular weight excluding hydrogens is 176 g/mol. The summed E-state index contributed by atoms with van der Waals surface area (Å²) in [6.45, 7) is 2.83. The molecule has 0 saturated carbocycles. The number of rotatable bonds is 3. The van der Waals surface area contributed by atoms with Gasteiger partial charge in [-0.1, -0.05) is 43.7 Å². The number of hydrogen-bond acceptors (Lipinski definition) is 2. The van der Waals surface area contributed by atoms with Gasteiger partial charge in [0.2, 0.25) is 0 Å². The third kappa shape index (κ3) is 2.14. The van der Waals surface area contributed by atoms with Crippen LogP contribution in [0.15, 0.2) is 30.3 Å². The van der Waals surface area contributed by atoms with E-state index in [9.17, 15) is 0 Å². The van der Waals surface area contributed by atoms with Gasteiger partial charge in [0.05, 0.1) is 6.61 Å². The Kier molecular flexibility index (Phi) is 3.17. The molecule has 2 heteroatoms. The molecule has 1 aliphatic heterocycles. The summed E-state index contributed by atoms with van der Waals surface area (Å²) < 4.78 is 11.3.